The molecule has 2 heterocycles. The number of rotatable bonds is 7. The normalized spacial score (nSPS) is 21.7. The maximum Gasteiger partial charge on any atom is 0.290 e. The Kier molecular flexibility index (Phi) is 7.43. The summed E-state index contributed by atoms with van der Waals surface area (Å²) in [5.41, 5.74) is 0.961. The number of piperidine rings is 1. The average molecular weight is 350 g/mol. The lowest BCUT2D eigenvalue weighted by Gasteiger charge is -2.26. The van der Waals surface area contributed by atoms with Crippen molar-refractivity contribution in [3.8, 4) is 0 Å². The molecule has 140 valence electrons. The largest absolute Gasteiger partial charge is 0.483 e. The van der Waals surface area contributed by atoms with Gasteiger partial charge in [-0.15, -0.1) is 0 Å². The van der Waals surface area contributed by atoms with Gasteiger partial charge in [-0.2, -0.15) is 5.10 Å². The van der Waals surface area contributed by atoms with Crippen LogP contribution >= 0.6 is 0 Å². The molecule has 1 saturated carbocycles. The van der Waals surface area contributed by atoms with Gasteiger partial charge in [-0.05, 0) is 38.5 Å². The number of carbonyl (C=O) groups is 2. The van der Waals surface area contributed by atoms with Gasteiger partial charge < -0.3 is 10.4 Å². The number of amides is 1. The molecule has 2 aliphatic rings. The first-order chi connectivity index (χ1) is 12.1. The fourth-order valence-electron chi connectivity index (χ4n) is 3.88. The second kappa shape index (κ2) is 9.56. The Morgan fingerprint density at radius 2 is 2.20 bits per heavy atom. The van der Waals surface area contributed by atoms with E-state index in [4.69, 9.17) is 9.90 Å². The van der Waals surface area contributed by atoms with Crippen molar-refractivity contribution < 1.29 is 14.7 Å². The summed E-state index contributed by atoms with van der Waals surface area (Å²) in [6, 6.07) is 2.71. The number of likely N-dealkylation sites (tertiary alicyclic amines) is 1. The number of anilines is 1. The van der Waals surface area contributed by atoms with Gasteiger partial charge in [-0.3, -0.25) is 14.5 Å². The van der Waals surface area contributed by atoms with Crippen LogP contribution < -0.4 is 5.32 Å². The average Bonchev–Trinajstić information content (AvgIpc) is 3.27. The minimum absolute atomic E-state index is 0.112. The lowest BCUT2D eigenvalue weighted by Crippen LogP contribution is -2.34. The van der Waals surface area contributed by atoms with Crippen molar-refractivity contribution in [3.63, 3.8) is 0 Å². The summed E-state index contributed by atoms with van der Waals surface area (Å²) in [4.78, 5) is 23.1. The molecule has 2 atom stereocenters. The van der Waals surface area contributed by atoms with Crippen molar-refractivity contribution in [3.05, 3.63) is 11.8 Å². The third-order valence-electron chi connectivity index (χ3n) is 5.04. The highest BCUT2D eigenvalue weighted by Crippen LogP contribution is 2.37. The predicted molar refractivity (Wildman–Crippen MR) is 96.5 cm³/mol. The van der Waals surface area contributed by atoms with E-state index in [0.717, 1.165) is 49.4 Å². The minimum Gasteiger partial charge on any atom is -0.483 e. The predicted octanol–water partition coefficient (Wildman–Crippen LogP) is 2.51. The second-order valence-electron chi connectivity index (χ2n) is 6.98. The van der Waals surface area contributed by atoms with Crippen molar-refractivity contribution in [1.29, 1.82) is 0 Å². The van der Waals surface area contributed by atoms with Crippen molar-refractivity contribution in [1.82, 2.24) is 14.7 Å². The topological polar surface area (TPSA) is 87.5 Å². The summed E-state index contributed by atoms with van der Waals surface area (Å²) >= 11 is 0. The van der Waals surface area contributed by atoms with E-state index >= 15 is 0 Å². The van der Waals surface area contributed by atoms with Crippen LogP contribution in [0.15, 0.2) is 6.07 Å². The van der Waals surface area contributed by atoms with E-state index in [1.54, 1.807) is 0 Å². The molecular formula is C18H30N4O3. The molecule has 0 spiro atoms. The number of hydrogen-bond donors (Lipinski definition) is 2. The zero-order valence-corrected chi connectivity index (χ0v) is 15.3. The summed E-state index contributed by atoms with van der Waals surface area (Å²) in [6.45, 7) is 6.85. The standard InChI is InChI=1S/C17H28N4O.CH2O2/c1-3-4-8-21-16(10-13(2)19-21)18-17(22)7-9-20-12-14-5-6-15(20)11-14;2-1-3/h10,14-15H,3-9,11-12H2,1-2H3,(H,18,22);1H,(H,2,3)/t14-,15+;/m1./s1. The highest BCUT2D eigenvalue weighted by Gasteiger charge is 2.37. The van der Waals surface area contributed by atoms with E-state index in [1.165, 1.54) is 25.8 Å². The van der Waals surface area contributed by atoms with Gasteiger partial charge in [0.15, 0.2) is 0 Å². The fourth-order valence-corrected chi connectivity index (χ4v) is 3.88. The van der Waals surface area contributed by atoms with Crippen LogP contribution in [-0.4, -0.2) is 51.3 Å². The molecule has 1 aliphatic heterocycles. The second-order valence-corrected chi connectivity index (χ2v) is 6.98. The van der Waals surface area contributed by atoms with Crippen LogP contribution in [0.5, 0.6) is 0 Å². The van der Waals surface area contributed by atoms with Gasteiger partial charge in [0, 0.05) is 38.2 Å². The first-order valence-electron chi connectivity index (χ1n) is 9.23. The maximum absolute atomic E-state index is 12.2. The third kappa shape index (κ3) is 5.56. The molecule has 0 unspecified atom stereocenters. The first-order valence-corrected chi connectivity index (χ1v) is 9.23. The van der Waals surface area contributed by atoms with Gasteiger partial charge in [0.25, 0.3) is 6.47 Å². The zero-order valence-electron chi connectivity index (χ0n) is 15.3. The smallest absolute Gasteiger partial charge is 0.290 e. The van der Waals surface area contributed by atoms with Crippen molar-refractivity contribution in [2.45, 2.75) is 65.0 Å². The van der Waals surface area contributed by atoms with Crippen LogP contribution in [0.4, 0.5) is 5.82 Å². The summed E-state index contributed by atoms with van der Waals surface area (Å²) < 4.78 is 1.93. The molecule has 2 N–H and O–H groups in total. The number of unbranched alkanes of at least 4 members (excludes halogenated alkanes) is 1. The highest BCUT2D eigenvalue weighted by molar-refractivity contribution is 5.90. The summed E-state index contributed by atoms with van der Waals surface area (Å²) in [5, 5.41) is 14.4. The molecule has 7 heteroatoms. The number of nitrogens with zero attached hydrogens (tertiary/aromatic N) is 3. The first kappa shape index (κ1) is 19.4. The van der Waals surface area contributed by atoms with Crippen LogP contribution in [0.25, 0.3) is 0 Å². The Morgan fingerprint density at radius 1 is 1.44 bits per heavy atom. The summed E-state index contributed by atoms with van der Waals surface area (Å²) in [6.07, 6.45) is 6.87. The molecule has 3 rings (SSSR count). The molecule has 1 aliphatic carbocycles. The Hall–Kier alpha value is -1.89. The number of aryl methyl sites for hydroxylation is 2. The molecule has 2 bridgehead atoms. The molecule has 7 nitrogen and oxygen atoms in total. The third-order valence-corrected chi connectivity index (χ3v) is 5.04. The monoisotopic (exact) mass is 350 g/mol. The number of aromatic nitrogens is 2. The van der Waals surface area contributed by atoms with Crippen LogP contribution in [-0.2, 0) is 16.1 Å². The molecule has 25 heavy (non-hydrogen) atoms. The van der Waals surface area contributed by atoms with Crippen molar-refractivity contribution >= 4 is 18.2 Å². The molecule has 1 aromatic heterocycles. The minimum atomic E-state index is -0.250. The van der Waals surface area contributed by atoms with Gasteiger partial charge in [-0.1, -0.05) is 13.3 Å². The quantitative estimate of drug-likeness (QED) is 0.738. The molecule has 1 saturated heterocycles. The number of carboxylic acid groups (broad SMARTS) is 1. The van der Waals surface area contributed by atoms with Crippen LogP contribution in [0.3, 0.4) is 0 Å². The molecular weight excluding hydrogens is 320 g/mol. The molecule has 0 radical (unpaired) electrons. The van der Waals surface area contributed by atoms with Crippen molar-refractivity contribution in [2.75, 3.05) is 18.4 Å². The van der Waals surface area contributed by atoms with E-state index in [1.807, 2.05) is 17.7 Å². The van der Waals surface area contributed by atoms with E-state index in [-0.39, 0.29) is 12.4 Å². The lowest BCUT2D eigenvalue weighted by atomic mass is 10.1. The van der Waals surface area contributed by atoms with Gasteiger partial charge in [0.05, 0.1) is 5.69 Å². The SMILES string of the molecule is CCCCn1nc(C)cc1NC(=O)CCN1C[C@@H]2CC[C@H]1C2.O=CO. The number of carbonyl (C=O) groups excluding carboxylic acids is 1. The zero-order chi connectivity index (χ0) is 18.2. The summed E-state index contributed by atoms with van der Waals surface area (Å²) in [7, 11) is 0. The fraction of sp³-hybridized carbons (Fsp3) is 0.722. The molecule has 0 aromatic carbocycles. The van der Waals surface area contributed by atoms with Crippen LogP contribution in [0, 0.1) is 12.8 Å². The molecule has 2 fully saturated rings. The molecule has 1 aromatic rings. The van der Waals surface area contributed by atoms with Crippen molar-refractivity contribution in [2.24, 2.45) is 5.92 Å². The Morgan fingerprint density at radius 3 is 2.80 bits per heavy atom. The summed E-state index contributed by atoms with van der Waals surface area (Å²) in [5.74, 6) is 1.85. The van der Waals surface area contributed by atoms with Gasteiger partial charge >= 0.3 is 0 Å². The number of nitrogens with one attached hydrogen (secondary N) is 1. The van der Waals surface area contributed by atoms with E-state index in [2.05, 4.69) is 22.2 Å². The van der Waals surface area contributed by atoms with E-state index < -0.39 is 0 Å². The van der Waals surface area contributed by atoms with Crippen LogP contribution in [0.2, 0.25) is 0 Å². The van der Waals surface area contributed by atoms with Gasteiger partial charge in [0.2, 0.25) is 5.91 Å². The number of hydrogen-bond acceptors (Lipinski definition) is 4. The maximum atomic E-state index is 12.2. The van der Waals surface area contributed by atoms with Crippen LogP contribution in [0.1, 0.15) is 51.1 Å². The highest BCUT2D eigenvalue weighted by atomic mass is 16.3. The Balaban J connectivity index is 0.000000701. The lowest BCUT2D eigenvalue weighted by molar-refractivity contribution is -0.123. The van der Waals surface area contributed by atoms with E-state index in [9.17, 15) is 4.79 Å². The van der Waals surface area contributed by atoms with E-state index in [0.29, 0.717) is 6.42 Å². The number of fused-ring (bicyclic) bond motifs is 2. The Labute approximate surface area is 149 Å². The van der Waals surface area contributed by atoms with Gasteiger partial charge in [-0.25, -0.2) is 4.68 Å². The Bertz CT molecular complexity index is 573. The molecule has 1 amide bonds. The van der Waals surface area contributed by atoms with Gasteiger partial charge in [0.1, 0.15) is 5.82 Å².